The van der Waals surface area contributed by atoms with E-state index in [4.69, 9.17) is 10.4 Å². The Kier molecular flexibility index (Phi) is 5.71. The molecule has 19 heavy (non-hydrogen) atoms. The SMILES string of the molecule is CN(CCC#N)Cc1cc(F)cc(C=CC(=O)O)c1. The molecule has 0 saturated heterocycles. The Labute approximate surface area is 111 Å². The molecule has 0 aliphatic carbocycles. The summed E-state index contributed by atoms with van der Waals surface area (Å²) in [5, 5.41) is 17.0. The van der Waals surface area contributed by atoms with Crippen LogP contribution in [0.15, 0.2) is 24.3 Å². The number of halogens is 1. The van der Waals surface area contributed by atoms with Crippen LogP contribution < -0.4 is 0 Å². The molecule has 5 heteroatoms. The van der Waals surface area contributed by atoms with Gasteiger partial charge in [-0.15, -0.1) is 0 Å². The van der Waals surface area contributed by atoms with Gasteiger partial charge in [-0.3, -0.25) is 0 Å². The highest BCUT2D eigenvalue weighted by Gasteiger charge is 2.03. The Bertz CT molecular complexity index is 521. The molecule has 100 valence electrons. The molecule has 0 atom stereocenters. The molecule has 0 bridgehead atoms. The highest BCUT2D eigenvalue weighted by molar-refractivity contribution is 5.85. The summed E-state index contributed by atoms with van der Waals surface area (Å²) in [6, 6.07) is 6.46. The Morgan fingerprint density at radius 2 is 2.26 bits per heavy atom. The summed E-state index contributed by atoms with van der Waals surface area (Å²) in [6.45, 7) is 1.11. The fraction of sp³-hybridized carbons (Fsp3) is 0.286. The van der Waals surface area contributed by atoms with Crippen molar-refractivity contribution in [1.82, 2.24) is 4.90 Å². The van der Waals surface area contributed by atoms with Gasteiger partial charge in [-0.05, 0) is 36.4 Å². The number of benzene rings is 1. The first-order valence-corrected chi connectivity index (χ1v) is 5.77. The Morgan fingerprint density at radius 3 is 2.89 bits per heavy atom. The van der Waals surface area contributed by atoms with E-state index in [1.54, 1.807) is 6.07 Å². The molecular weight excluding hydrogens is 247 g/mol. The number of carbonyl (C=O) groups is 1. The van der Waals surface area contributed by atoms with Gasteiger partial charge in [0, 0.05) is 25.6 Å². The number of nitriles is 1. The minimum atomic E-state index is -1.07. The molecule has 0 amide bonds. The smallest absolute Gasteiger partial charge is 0.328 e. The van der Waals surface area contributed by atoms with Crippen LogP contribution in [0.1, 0.15) is 17.5 Å². The molecule has 1 aromatic carbocycles. The monoisotopic (exact) mass is 262 g/mol. The lowest BCUT2D eigenvalue weighted by Crippen LogP contribution is -2.18. The van der Waals surface area contributed by atoms with Crippen molar-refractivity contribution in [2.75, 3.05) is 13.6 Å². The maximum Gasteiger partial charge on any atom is 0.328 e. The Morgan fingerprint density at radius 1 is 1.53 bits per heavy atom. The van der Waals surface area contributed by atoms with E-state index in [1.807, 2.05) is 18.0 Å². The van der Waals surface area contributed by atoms with Crippen molar-refractivity contribution in [1.29, 1.82) is 5.26 Å². The number of nitrogens with zero attached hydrogens (tertiary/aromatic N) is 2. The Hall–Kier alpha value is -2.19. The van der Waals surface area contributed by atoms with E-state index in [0.717, 1.165) is 11.6 Å². The highest BCUT2D eigenvalue weighted by Crippen LogP contribution is 2.12. The predicted octanol–water partition coefficient (Wildman–Crippen LogP) is 2.27. The maximum atomic E-state index is 13.4. The van der Waals surface area contributed by atoms with Gasteiger partial charge in [0.2, 0.25) is 0 Å². The average Bonchev–Trinajstić information content (AvgIpc) is 2.33. The van der Waals surface area contributed by atoms with Gasteiger partial charge in [-0.2, -0.15) is 5.26 Å². The third-order valence-electron chi connectivity index (χ3n) is 2.46. The third-order valence-corrected chi connectivity index (χ3v) is 2.46. The quantitative estimate of drug-likeness (QED) is 0.799. The fourth-order valence-corrected chi connectivity index (χ4v) is 1.66. The van der Waals surface area contributed by atoms with E-state index in [0.29, 0.717) is 25.1 Å². The summed E-state index contributed by atoms with van der Waals surface area (Å²) in [4.78, 5) is 12.3. The van der Waals surface area contributed by atoms with E-state index in [1.165, 1.54) is 18.2 Å². The summed E-state index contributed by atoms with van der Waals surface area (Å²) in [6.07, 6.45) is 2.74. The number of hydrogen-bond acceptors (Lipinski definition) is 3. The van der Waals surface area contributed by atoms with Crippen molar-refractivity contribution >= 4 is 12.0 Å². The van der Waals surface area contributed by atoms with Crippen LogP contribution in [0.2, 0.25) is 0 Å². The van der Waals surface area contributed by atoms with Crippen molar-refractivity contribution in [3.05, 3.63) is 41.2 Å². The second-order valence-electron chi connectivity index (χ2n) is 4.21. The van der Waals surface area contributed by atoms with Gasteiger partial charge in [0.25, 0.3) is 0 Å². The lowest BCUT2D eigenvalue weighted by molar-refractivity contribution is -0.131. The summed E-state index contributed by atoms with van der Waals surface area (Å²) < 4.78 is 13.4. The van der Waals surface area contributed by atoms with Gasteiger partial charge in [0.05, 0.1) is 6.07 Å². The van der Waals surface area contributed by atoms with Crippen LogP contribution in [0.5, 0.6) is 0 Å². The van der Waals surface area contributed by atoms with Gasteiger partial charge in [0.1, 0.15) is 5.82 Å². The number of rotatable bonds is 6. The van der Waals surface area contributed by atoms with Crippen molar-refractivity contribution in [2.24, 2.45) is 0 Å². The molecule has 0 fully saturated rings. The number of aliphatic carboxylic acids is 1. The van der Waals surface area contributed by atoms with Crippen LogP contribution in [0, 0.1) is 17.1 Å². The van der Waals surface area contributed by atoms with Gasteiger partial charge in [-0.25, -0.2) is 9.18 Å². The van der Waals surface area contributed by atoms with Crippen LogP contribution in [-0.4, -0.2) is 29.6 Å². The molecular formula is C14H15FN2O2. The number of carboxylic acids is 1. The second kappa shape index (κ2) is 7.29. The molecule has 0 unspecified atom stereocenters. The zero-order chi connectivity index (χ0) is 14.3. The minimum Gasteiger partial charge on any atom is -0.478 e. The summed E-state index contributed by atoms with van der Waals surface area (Å²) in [5.74, 6) is -1.48. The Balaban J connectivity index is 2.79. The number of hydrogen-bond donors (Lipinski definition) is 1. The zero-order valence-corrected chi connectivity index (χ0v) is 10.6. The second-order valence-corrected chi connectivity index (χ2v) is 4.21. The molecule has 0 aliphatic rings. The molecule has 0 spiro atoms. The fourth-order valence-electron chi connectivity index (χ4n) is 1.66. The van der Waals surface area contributed by atoms with Gasteiger partial charge in [0.15, 0.2) is 0 Å². The molecule has 1 N–H and O–H groups in total. The van der Waals surface area contributed by atoms with Crippen molar-refractivity contribution in [3.8, 4) is 6.07 Å². The van der Waals surface area contributed by atoms with E-state index < -0.39 is 11.8 Å². The molecule has 0 radical (unpaired) electrons. The average molecular weight is 262 g/mol. The molecule has 0 aromatic heterocycles. The topological polar surface area (TPSA) is 64.3 Å². The lowest BCUT2D eigenvalue weighted by Gasteiger charge is -2.15. The minimum absolute atomic E-state index is 0.406. The normalized spacial score (nSPS) is 10.8. The van der Waals surface area contributed by atoms with Crippen molar-refractivity contribution < 1.29 is 14.3 Å². The third kappa shape index (κ3) is 5.80. The molecule has 0 saturated carbocycles. The summed E-state index contributed by atoms with van der Waals surface area (Å²) in [7, 11) is 1.84. The molecule has 0 heterocycles. The van der Waals surface area contributed by atoms with Crippen molar-refractivity contribution in [3.63, 3.8) is 0 Å². The van der Waals surface area contributed by atoms with Gasteiger partial charge < -0.3 is 10.0 Å². The summed E-state index contributed by atoms with van der Waals surface area (Å²) in [5.41, 5.74) is 1.25. The first kappa shape index (κ1) is 14.9. The standard InChI is InChI=1S/C14H15FN2O2/c1-17(6-2-5-16)10-12-7-11(3-4-14(18)19)8-13(15)9-12/h3-4,7-9H,2,6,10H2,1H3,(H,18,19). The van der Waals surface area contributed by atoms with Gasteiger partial charge in [-0.1, -0.05) is 6.07 Å². The predicted molar refractivity (Wildman–Crippen MR) is 69.6 cm³/mol. The van der Waals surface area contributed by atoms with Crippen molar-refractivity contribution in [2.45, 2.75) is 13.0 Å². The molecule has 4 nitrogen and oxygen atoms in total. The van der Waals surface area contributed by atoms with Crippen LogP contribution in [0.3, 0.4) is 0 Å². The lowest BCUT2D eigenvalue weighted by atomic mass is 10.1. The maximum absolute atomic E-state index is 13.4. The van der Waals surface area contributed by atoms with Crippen LogP contribution in [-0.2, 0) is 11.3 Å². The largest absolute Gasteiger partial charge is 0.478 e. The van der Waals surface area contributed by atoms with Crippen LogP contribution in [0.4, 0.5) is 4.39 Å². The van der Waals surface area contributed by atoms with Crippen LogP contribution in [0.25, 0.3) is 6.08 Å². The first-order chi connectivity index (χ1) is 9.01. The zero-order valence-electron chi connectivity index (χ0n) is 10.6. The van der Waals surface area contributed by atoms with E-state index in [2.05, 4.69) is 0 Å². The van der Waals surface area contributed by atoms with E-state index in [-0.39, 0.29) is 0 Å². The number of carboxylic acid groups (broad SMARTS) is 1. The molecule has 1 aromatic rings. The highest BCUT2D eigenvalue weighted by atomic mass is 19.1. The first-order valence-electron chi connectivity index (χ1n) is 5.77. The van der Waals surface area contributed by atoms with E-state index in [9.17, 15) is 9.18 Å². The van der Waals surface area contributed by atoms with E-state index >= 15 is 0 Å². The summed E-state index contributed by atoms with van der Waals surface area (Å²) >= 11 is 0. The molecule has 0 aliphatic heterocycles. The van der Waals surface area contributed by atoms with Gasteiger partial charge >= 0.3 is 5.97 Å². The molecule has 1 rings (SSSR count). The van der Waals surface area contributed by atoms with Crippen LogP contribution >= 0.6 is 0 Å².